The number of aliphatic carboxylic acids is 1. The number of rotatable bonds is 3. The minimum atomic E-state index is -0.969. The standard InChI is InChI=1S/C11H19NO3S/c1-11(2,3)8(10(14)15)12-9(13)7-5-4-6-16-7/h7-8H,4-6H2,1-3H3,(H,12,13)(H,14,15)/t7?,8-/m0/s1. The molecule has 0 bridgehead atoms. The molecule has 0 aromatic rings. The number of carboxylic acid groups (broad SMARTS) is 1. The second kappa shape index (κ2) is 5.08. The van der Waals surface area contributed by atoms with E-state index in [1.165, 1.54) is 0 Å². The zero-order valence-corrected chi connectivity index (χ0v) is 10.8. The minimum Gasteiger partial charge on any atom is -0.480 e. The third-order valence-corrected chi connectivity index (χ3v) is 4.00. The Kier molecular flexibility index (Phi) is 4.24. The number of thioether (sulfide) groups is 1. The summed E-state index contributed by atoms with van der Waals surface area (Å²) in [5, 5.41) is 11.7. The van der Waals surface area contributed by atoms with Gasteiger partial charge in [0.1, 0.15) is 6.04 Å². The molecule has 0 radical (unpaired) electrons. The first-order valence-electron chi connectivity index (χ1n) is 5.47. The fraction of sp³-hybridized carbons (Fsp3) is 0.818. The highest BCUT2D eigenvalue weighted by molar-refractivity contribution is 8.00. The number of carboxylic acids is 1. The molecule has 1 unspecified atom stereocenters. The summed E-state index contributed by atoms with van der Waals surface area (Å²) in [6.07, 6.45) is 1.89. The van der Waals surface area contributed by atoms with Crippen molar-refractivity contribution in [3.8, 4) is 0 Å². The van der Waals surface area contributed by atoms with Gasteiger partial charge < -0.3 is 10.4 Å². The molecule has 1 heterocycles. The van der Waals surface area contributed by atoms with Crippen molar-refractivity contribution in [3.63, 3.8) is 0 Å². The molecule has 1 amide bonds. The predicted octanol–water partition coefficient (Wildman–Crippen LogP) is 1.50. The van der Waals surface area contributed by atoms with Crippen molar-refractivity contribution in [2.45, 2.75) is 44.9 Å². The van der Waals surface area contributed by atoms with Gasteiger partial charge in [-0.1, -0.05) is 20.8 Å². The van der Waals surface area contributed by atoms with E-state index in [2.05, 4.69) is 5.32 Å². The third-order valence-electron chi connectivity index (χ3n) is 2.62. The van der Waals surface area contributed by atoms with Crippen molar-refractivity contribution in [1.29, 1.82) is 0 Å². The lowest BCUT2D eigenvalue weighted by Crippen LogP contribution is -2.51. The lowest BCUT2D eigenvalue weighted by molar-refractivity contribution is -0.144. The van der Waals surface area contributed by atoms with Gasteiger partial charge in [-0.3, -0.25) is 4.79 Å². The van der Waals surface area contributed by atoms with E-state index in [9.17, 15) is 9.59 Å². The average Bonchev–Trinajstić information content (AvgIpc) is 2.63. The van der Waals surface area contributed by atoms with E-state index in [-0.39, 0.29) is 11.2 Å². The Bertz CT molecular complexity index is 279. The maximum Gasteiger partial charge on any atom is 0.326 e. The van der Waals surface area contributed by atoms with E-state index >= 15 is 0 Å². The molecule has 4 nitrogen and oxygen atoms in total. The maximum absolute atomic E-state index is 11.8. The quantitative estimate of drug-likeness (QED) is 0.790. The highest BCUT2D eigenvalue weighted by Crippen LogP contribution is 2.27. The fourth-order valence-corrected chi connectivity index (χ4v) is 2.84. The molecule has 0 aromatic heterocycles. The molecular formula is C11H19NO3S. The maximum atomic E-state index is 11.8. The second-order valence-electron chi connectivity index (χ2n) is 5.15. The van der Waals surface area contributed by atoms with Crippen LogP contribution in [0.15, 0.2) is 0 Å². The van der Waals surface area contributed by atoms with Crippen molar-refractivity contribution in [2.75, 3.05) is 5.75 Å². The molecule has 1 saturated heterocycles. The van der Waals surface area contributed by atoms with Gasteiger partial charge >= 0.3 is 5.97 Å². The SMILES string of the molecule is CC(C)(C)[C@@H](NC(=O)C1CCCS1)C(=O)O. The molecular weight excluding hydrogens is 226 g/mol. The van der Waals surface area contributed by atoms with Crippen LogP contribution < -0.4 is 5.32 Å². The Hall–Kier alpha value is -0.710. The van der Waals surface area contributed by atoms with Crippen LogP contribution in [0, 0.1) is 5.41 Å². The summed E-state index contributed by atoms with van der Waals surface area (Å²) in [6, 6.07) is -0.818. The van der Waals surface area contributed by atoms with Crippen molar-refractivity contribution < 1.29 is 14.7 Å². The van der Waals surface area contributed by atoms with E-state index < -0.39 is 17.4 Å². The van der Waals surface area contributed by atoms with Gasteiger partial charge in [0.2, 0.25) is 5.91 Å². The lowest BCUT2D eigenvalue weighted by Gasteiger charge is -2.28. The Morgan fingerprint density at radius 1 is 1.44 bits per heavy atom. The number of nitrogens with one attached hydrogen (secondary N) is 1. The summed E-state index contributed by atoms with van der Waals surface area (Å²) in [5.41, 5.74) is -0.467. The van der Waals surface area contributed by atoms with Crippen molar-refractivity contribution in [3.05, 3.63) is 0 Å². The van der Waals surface area contributed by atoms with Gasteiger partial charge in [0, 0.05) is 0 Å². The van der Waals surface area contributed by atoms with E-state index in [4.69, 9.17) is 5.11 Å². The zero-order chi connectivity index (χ0) is 12.3. The molecule has 16 heavy (non-hydrogen) atoms. The Morgan fingerprint density at radius 2 is 2.06 bits per heavy atom. The van der Waals surface area contributed by atoms with Crippen LogP contribution >= 0.6 is 11.8 Å². The normalized spacial score (nSPS) is 22.8. The van der Waals surface area contributed by atoms with E-state index in [1.54, 1.807) is 11.8 Å². The molecule has 1 aliphatic rings. The smallest absolute Gasteiger partial charge is 0.326 e. The molecule has 0 aromatic carbocycles. The van der Waals surface area contributed by atoms with Crippen LogP contribution in [0.3, 0.4) is 0 Å². The van der Waals surface area contributed by atoms with Crippen molar-refractivity contribution >= 4 is 23.6 Å². The van der Waals surface area contributed by atoms with Gasteiger partial charge in [-0.15, -0.1) is 11.8 Å². The van der Waals surface area contributed by atoms with Crippen molar-refractivity contribution in [1.82, 2.24) is 5.32 Å². The molecule has 2 atom stereocenters. The van der Waals surface area contributed by atoms with Crippen LogP contribution in [0.2, 0.25) is 0 Å². The first kappa shape index (κ1) is 13.4. The van der Waals surface area contributed by atoms with Gasteiger partial charge in [0.25, 0.3) is 0 Å². The van der Waals surface area contributed by atoms with Crippen molar-refractivity contribution in [2.24, 2.45) is 5.41 Å². The van der Waals surface area contributed by atoms with Crippen LogP contribution in [0.1, 0.15) is 33.6 Å². The fourth-order valence-electron chi connectivity index (χ4n) is 1.67. The first-order chi connectivity index (χ1) is 7.32. The predicted molar refractivity (Wildman–Crippen MR) is 64.5 cm³/mol. The topological polar surface area (TPSA) is 66.4 Å². The molecule has 5 heteroatoms. The van der Waals surface area contributed by atoms with E-state index in [0.717, 1.165) is 18.6 Å². The van der Waals surface area contributed by atoms with Crippen LogP contribution in [0.25, 0.3) is 0 Å². The molecule has 0 aliphatic carbocycles. The number of hydrogen-bond acceptors (Lipinski definition) is 3. The number of carbonyl (C=O) groups is 2. The summed E-state index contributed by atoms with van der Waals surface area (Å²) >= 11 is 1.61. The average molecular weight is 245 g/mol. The summed E-state index contributed by atoms with van der Waals surface area (Å²) in [4.78, 5) is 22.9. The Labute approximate surface area is 100 Å². The Balaban J connectivity index is 2.61. The number of hydrogen-bond donors (Lipinski definition) is 2. The van der Waals surface area contributed by atoms with Crippen LogP contribution in [-0.4, -0.2) is 34.0 Å². The lowest BCUT2D eigenvalue weighted by atomic mass is 9.86. The van der Waals surface area contributed by atoms with Crippen LogP contribution in [0.5, 0.6) is 0 Å². The van der Waals surface area contributed by atoms with E-state index in [1.807, 2.05) is 20.8 Å². The van der Waals surface area contributed by atoms with Gasteiger partial charge in [-0.25, -0.2) is 4.79 Å². The highest BCUT2D eigenvalue weighted by atomic mass is 32.2. The first-order valence-corrected chi connectivity index (χ1v) is 6.52. The van der Waals surface area contributed by atoms with E-state index in [0.29, 0.717) is 0 Å². The molecule has 92 valence electrons. The Morgan fingerprint density at radius 3 is 2.44 bits per heavy atom. The summed E-state index contributed by atoms with van der Waals surface area (Å²) in [7, 11) is 0. The van der Waals surface area contributed by atoms with Gasteiger partial charge in [-0.05, 0) is 24.0 Å². The van der Waals surface area contributed by atoms with Gasteiger partial charge in [0.15, 0.2) is 0 Å². The molecule has 1 aliphatic heterocycles. The molecule has 1 rings (SSSR count). The summed E-state index contributed by atoms with van der Waals surface area (Å²) in [6.45, 7) is 5.44. The molecule has 0 saturated carbocycles. The minimum absolute atomic E-state index is 0.0656. The number of amides is 1. The van der Waals surface area contributed by atoms with Crippen LogP contribution in [-0.2, 0) is 9.59 Å². The second-order valence-corrected chi connectivity index (χ2v) is 6.46. The monoisotopic (exact) mass is 245 g/mol. The summed E-state index contributed by atoms with van der Waals surface area (Å²) < 4.78 is 0. The van der Waals surface area contributed by atoms with Crippen LogP contribution in [0.4, 0.5) is 0 Å². The third kappa shape index (κ3) is 3.40. The molecule has 0 spiro atoms. The zero-order valence-electron chi connectivity index (χ0n) is 9.95. The molecule has 1 fully saturated rings. The molecule has 2 N–H and O–H groups in total. The number of carbonyl (C=O) groups excluding carboxylic acids is 1. The largest absolute Gasteiger partial charge is 0.480 e. The highest BCUT2D eigenvalue weighted by Gasteiger charge is 2.35. The van der Waals surface area contributed by atoms with Gasteiger partial charge in [-0.2, -0.15) is 0 Å². The van der Waals surface area contributed by atoms with Gasteiger partial charge in [0.05, 0.1) is 5.25 Å². The summed E-state index contributed by atoms with van der Waals surface area (Å²) in [5.74, 6) is -0.112.